The lowest BCUT2D eigenvalue weighted by molar-refractivity contribution is -0.157. The lowest BCUT2D eigenvalue weighted by atomic mass is 9.78. The predicted octanol–water partition coefficient (Wildman–Crippen LogP) is 8.33. The topological polar surface area (TPSA) is 93.1 Å². The predicted molar refractivity (Wildman–Crippen MR) is 174 cm³/mol. The fraction of sp³-hybridized carbons (Fsp3) is 0.622. The summed E-state index contributed by atoms with van der Waals surface area (Å²) in [6.07, 6.45) is 0.770. The average Bonchev–Trinajstić information content (AvgIpc) is 2.83. The molecule has 2 aromatic rings. The quantitative estimate of drug-likeness (QED) is 0.283. The first kappa shape index (κ1) is 36.2. The van der Waals surface area contributed by atoms with Crippen molar-refractivity contribution in [2.24, 2.45) is 0 Å². The molecular weight excluding hydrogens is 540 g/mol. The van der Waals surface area contributed by atoms with Gasteiger partial charge in [0.15, 0.2) is 0 Å². The van der Waals surface area contributed by atoms with Crippen molar-refractivity contribution >= 4 is 11.9 Å². The molecule has 0 fully saturated rings. The molecule has 240 valence electrons. The molecule has 0 saturated carbocycles. The van der Waals surface area contributed by atoms with Gasteiger partial charge in [-0.2, -0.15) is 0 Å². The van der Waals surface area contributed by atoms with E-state index in [1.54, 1.807) is 6.92 Å². The molecule has 0 aliphatic carbocycles. The molecule has 1 unspecified atom stereocenters. The molecule has 0 aliphatic heterocycles. The van der Waals surface area contributed by atoms with Crippen molar-refractivity contribution in [1.29, 1.82) is 0 Å². The molecular formula is C37H56O6. The van der Waals surface area contributed by atoms with Crippen LogP contribution in [0.4, 0.5) is 0 Å². The second-order valence-electron chi connectivity index (χ2n) is 16.1. The highest BCUT2D eigenvalue weighted by Gasteiger charge is 2.28. The summed E-state index contributed by atoms with van der Waals surface area (Å²) in [5, 5.41) is 21.9. The van der Waals surface area contributed by atoms with Crippen LogP contribution in [0.3, 0.4) is 0 Å². The average molecular weight is 597 g/mol. The van der Waals surface area contributed by atoms with Gasteiger partial charge in [0.1, 0.15) is 24.2 Å². The summed E-state index contributed by atoms with van der Waals surface area (Å²) < 4.78 is 11.0. The summed E-state index contributed by atoms with van der Waals surface area (Å²) in [5.74, 6) is -0.0908. The van der Waals surface area contributed by atoms with Gasteiger partial charge in [-0.15, -0.1) is 0 Å². The number of phenolic OH excluding ortho intramolecular Hbond substituents is 2. The lowest BCUT2D eigenvalue weighted by Crippen LogP contribution is -2.23. The Morgan fingerprint density at radius 1 is 0.605 bits per heavy atom. The summed E-state index contributed by atoms with van der Waals surface area (Å²) in [5.41, 5.74) is 4.42. The van der Waals surface area contributed by atoms with Crippen molar-refractivity contribution in [3.8, 4) is 11.5 Å². The number of benzene rings is 2. The lowest BCUT2D eigenvalue weighted by Gasteiger charge is -2.28. The molecule has 6 heteroatoms. The molecule has 0 bridgehead atoms. The van der Waals surface area contributed by atoms with Crippen LogP contribution in [0.2, 0.25) is 0 Å². The number of aromatic hydroxyl groups is 2. The fourth-order valence-corrected chi connectivity index (χ4v) is 5.06. The number of hydrogen-bond donors (Lipinski definition) is 2. The Kier molecular flexibility index (Phi) is 11.2. The van der Waals surface area contributed by atoms with E-state index in [1.165, 1.54) is 0 Å². The molecule has 0 aliphatic rings. The molecule has 0 spiro atoms. The molecule has 0 radical (unpaired) electrons. The molecule has 0 saturated heterocycles. The number of hydrogen-bond acceptors (Lipinski definition) is 6. The first-order valence-corrected chi connectivity index (χ1v) is 15.5. The van der Waals surface area contributed by atoms with Gasteiger partial charge in [-0.1, -0.05) is 107 Å². The van der Waals surface area contributed by atoms with Gasteiger partial charge in [-0.3, -0.25) is 9.59 Å². The van der Waals surface area contributed by atoms with E-state index in [0.717, 1.165) is 33.4 Å². The molecule has 2 aromatic carbocycles. The van der Waals surface area contributed by atoms with E-state index < -0.39 is 6.10 Å². The molecule has 0 aromatic heterocycles. The van der Waals surface area contributed by atoms with E-state index in [2.05, 4.69) is 83.1 Å². The van der Waals surface area contributed by atoms with Crippen molar-refractivity contribution in [3.63, 3.8) is 0 Å². The Morgan fingerprint density at radius 3 is 1.21 bits per heavy atom. The highest BCUT2D eigenvalue weighted by atomic mass is 16.6. The third-order valence-corrected chi connectivity index (χ3v) is 7.62. The van der Waals surface area contributed by atoms with Crippen LogP contribution < -0.4 is 0 Å². The Balaban J connectivity index is 1.96. The van der Waals surface area contributed by atoms with Gasteiger partial charge in [0.2, 0.25) is 0 Å². The van der Waals surface area contributed by atoms with Crippen molar-refractivity contribution in [2.45, 2.75) is 143 Å². The number of ether oxygens (including phenoxy) is 2. The number of carbonyl (C=O) groups excluding carboxylic acids is 2. The van der Waals surface area contributed by atoms with Crippen LogP contribution in [0.1, 0.15) is 136 Å². The number of carbonyl (C=O) groups is 2. The molecule has 2 rings (SSSR count). The maximum absolute atomic E-state index is 12.6. The van der Waals surface area contributed by atoms with Crippen LogP contribution in [0.25, 0.3) is 0 Å². The standard InChI is InChI=1S/C37H56O6/c1-23(43-31(39)17-15-25-20-28(36(8,9)10)33(41)29(21-25)37(11,12)13)22-42-30(38)16-14-24-18-26(34(2,3)4)32(40)27(19-24)35(5,6)7/h18-21,23,40-41H,14-17,22H2,1-13H3. The number of esters is 2. The molecule has 0 heterocycles. The summed E-state index contributed by atoms with van der Waals surface area (Å²) in [7, 11) is 0. The molecule has 2 N–H and O–H groups in total. The summed E-state index contributed by atoms with van der Waals surface area (Å²) in [6.45, 7) is 26.4. The van der Waals surface area contributed by atoms with Gasteiger partial charge < -0.3 is 19.7 Å². The maximum Gasteiger partial charge on any atom is 0.306 e. The third-order valence-electron chi connectivity index (χ3n) is 7.62. The van der Waals surface area contributed by atoms with Gasteiger partial charge in [-0.05, 0) is 74.8 Å². The summed E-state index contributed by atoms with van der Waals surface area (Å²) in [4.78, 5) is 25.2. The SMILES string of the molecule is CC(COC(=O)CCc1cc(C(C)(C)C)c(O)c(C(C)(C)C)c1)OC(=O)CCc1cc(C(C)(C)C)c(O)c(C(C)(C)C)c1. The fourth-order valence-electron chi connectivity index (χ4n) is 5.06. The zero-order chi connectivity index (χ0) is 33.1. The largest absolute Gasteiger partial charge is 0.507 e. The Bertz CT molecular complexity index is 1220. The summed E-state index contributed by atoms with van der Waals surface area (Å²) in [6, 6.07) is 7.91. The molecule has 43 heavy (non-hydrogen) atoms. The smallest absolute Gasteiger partial charge is 0.306 e. The minimum absolute atomic E-state index is 0.0117. The number of aryl methyl sites for hydroxylation is 2. The van der Waals surface area contributed by atoms with Crippen LogP contribution in [-0.2, 0) is 53.6 Å². The number of rotatable bonds is 9. The van der Waals surface area contributed by atoms with Crippen LogP contribution in [-0.4, -0.2) is 34.9 Å². The zero-order valence-corrected chi connectivity index (χ0v) is 28.9. The van der Waals surface area contributed by atoms with Crippen molar-refractivity contribution in [1.82, 2.24) is 0 Å². The number of phenols is 2. The van der Waals surface area contributed by atoms with E-state index >= 15 is 0 Å². The van der Waals surface area contributed by atoms with Gasteiger partial charge in [-0.25, -0.2) is 0 Å². The van der Waals surface area contributed by atoms with Crippen molar-refractivity contribution in [2.75, 3.05) is 6.61 Å². The normalized spacial score (nSPS) is 13.5. The second kappa shape index (κ2) is 13.3. The van der Waals surface area contributed by atoms with Crippen molar-refractivity contribution < 1.29 is 29.3 Å². The van der Waals surface area contributed by atoms with E-state index in [-0.39, 0.29) is 53.0 Å². The first-order valence-electron chi connectivity index (χ1n) is 15.5. The minimum Gasteiger partial charge on any atom is -0.507 e. The van der Waals surface area contributed by atoms with Crippen LogP contribution in [0.15, 0.2) is 24.3 Å². The highest BCUT2D eigenvalue weighted by molar-refractivity contribution is 5.71. The zero-order valence-electron chi connectivity index (χ0n) is 28.9. The Hall–Kier alpha value is -3.02. The van der Waals surface area contributed by atoms with Crippen LogP contribution >= 0.6 is 0 Å². The molecule has 6 nitrogen and oxygen atoms in total. The van der Waals surface area contributed by atoms with E-state index in [4.69, 9.17) is 9.47 Å². The third kappa shape index (κ3) is 10.3. The van der Waals surface area contributed by atoms with Crippen LogP contribution in [0, 0.1) is 0 Å². The van der Waals surface area contributed by atoms with Gasteiger partial charge in [0, 0.05) is 12.8 Å². The molecule has 1 atom stereocenters. The Morgan fingerprint density at radius 2 is 0.907 bits per heavy atom. The highest BCUT2D eigenvalue weighted by Crippen LogP contribution is 2.41. The van der Waals surface area contributed by atoms with Gasteiger partial charge in [0.25, 0.3) is 0 Å². The monoisotopic (exact) mass is 596 g/mol. The first-order chi connectivity index (χ1) is 19.4. The van der Waals surface area contributed by atoms with Crippen molar-refractivity contribution in [3.05, 3.63) is 57.6 Å². The minimum atomic E-state index is -0.569. The van der Waals surface area contributed by atoms with E-state index in [0.29, 0.717) is 24.3 Å². The molecule has 0 amide bonds. The van der Waals surface area contributed by atoms with Gasteiger partial charge >= 0.3 is 11.9 Å². The van der Waals surface area contributed by atoms with Crippen LogP contribution in [0.5, 0.6) is 11.5 Å². The van der Waals surface area contributed by atoms with Gasteiger partial charge in [0.05, 0.1) is 0 Å². The second-order valence-corrected chi connectivity index (χ2v) is 16.1. The Labute approximate surface area is 260 Å². The maximum atomic E-state index is 12.6. The van der Waals surface area contributed by atoms with E-state index in [1.807, 2.05) is 24.3 Å². The summed E-state index contributed by atoms with van der Waals surface area (Å²) >= 11 is 0. The van der Waals surface area contributed by atoms with E-state index in [9.17, 15) is 19.8 Å².